The Morgan fingerprint density at radius 1 is 1.18 bits per heavy atom. The van der Waals surface area contributed by atoms with Crippen LogP contribution in [-0.2, 0) is 10.3 Å². The molecule has 4 rings (SSSR count). The lowest BCUT2D eigenvalue weighted by molar-refractivity contribution is -0.180. The summed E-state index contributed by atoms with van der Waals surface area (Å²) in [4.78, 5) is 16.8. The Balaban J connectivity index is 1.47. The molecule has 2 aliphatic rings. The number of rotatable bonds is 5. The fraction of sp³-hybridized carbons (Fsp3) is 0.519. The van der Waals surface area contributed by atoms with Crippen molar-refractivity contribution in [3.63, 3.8) is 0 Å². The molecule has 5 nitrogen and oxygen atoms in total. The van der Waals surface area contributed by atoms with E-state index >= 15 is 0 Å². The second kappa shape index (κ2) is 9.72. The van der Waals surface area contributed by atoms with E-state index in [1.165, 1.54) is 0 Å². The van der Waals surface area contributed by atoms with Gasteiger partial charge in [-0.15, -0.1) is 0 Å². The van der Waals surface area contributed by atoms with E-state index in [9.17, 15) is 18.7 Å². The van der Waals surface area contributed by atoms with Gasteiger partial charge in [-0.25, -0.2) is 8.78 Å². The second-order valence-electron chi connectivity index (χ2n) is 10.2. The number of aryl methyl sites for hydroxylation is 1. The number of hydrogen-bond acceptors (Lipinski definition) is 4. The molecule has 1 spiro atoms. The van der Waals surface area contributed by atoms with Crippen molar-refractivity contribution < 1.29 is 23.4 Å². The van der Waals surface area contributed by atoms with Crippen molar-refractivity contribution in [2.75, 3.05) is 32.7 Å². The molecule has 34 heavy (non-hydrogen) atoms. The number of hydrogen-bond donors (Lipinski definition) is 1. The highest BCUT2D eigenvalue weighted by Gasteiger charge is 2.44. The minimum absolute atomic E-state index is 0.0555. The molecular formula is C27H34F2N2O3. The molecule has 0 bridgehead atoms. The van der Waals surface area contributed by atoms with Gasteiger partial charge in [-0.1, -0.05) is 36.4 Å². The summed E-state index contributed by atoms with van der Waals surface area (Å²) in [5.74, 6) is -0.0555. The number of alkyl halides is 2. The minimum atomic E-state index is -2.40. The van der Waals surface area contributed by atoms with Gasteiger partial charge < -0.3 is 14.7 Å². The van der Waals surface area contributed by atoms with Gasteiger partial charge in [-0.3, -0.25) is 9.69 Å². The number of nitrogens with zero attached hydrogens (tertiary/aromatic N) is 2. The molecule has 7 heteroatoms. The maximum atomic E-state index is 13.2. The number of morpholine rings is 1. The highest BCUT2D eigenvalue weighted by Crippen LogP contribution is 2.38. The Bertz CT molecular complexity index is 999. The van der Waals surface area contributed by atoms with Crippen LogP contribution in [-0.4, -0.2) is 65.6 Å². The van der Waals surface area contributed by atoms with Crippen molar-refractivity contribution >= 4 is 5.91 Å². The fourth-order valence-corrected chi connectivity index (χ4v) is 5.32. The molecule has 2 aliphatic heterocycles. The van der Waals surface area contributed by atoms with Crippen molar-refractivity contribution in [1.29, 1.82) is 0 Å². The third kappa shape index (κ3) is 5.48. The van der Waals surface area contributed by atoms with Gasteiger partial charge in [-0.05, 0) is 62.4 Å². The quantitative estimate of drug-likeness (QED) is 0.695. The predicted octanol–water partition coefficient (Wildman–Crippen LogP) is 4.54. The van der Waals surface area contributed by atoms with Gasteiger partial charge in [0.25, 0.3) is 12.3 Å². The van der Waals surface area contributed by atoms with Crippen molar-refractivity contribution in [3.05, 3.63) is 70.8 Å². The Morgan fingerprint density at radius 2 is 1.85 bits per heavy atom. The molecule has 2 saturated heterocycles. The topological polar surface area (TPSA) is 53.0 Å². The Labute approximate surface area is 200 Å². The highest BCUT2D eigenvalue weighted by atomic mass is 19.3. The van der Waals surface area contributed by atoms with E-state index in [1.807, 2.05) is 59.2 Å². The molecule has 1 amide bonds. The Morgan fingerprint density at radius 3 is 2.44 bits per heavy atom. The zero-order valence-electron chi connectivity index (χ0n) is 20.1. The summed E-state index contributed by atoms with van der Waals surface area (Å²) >= 11 is 0. The zero-order chi connectivity index (χ0) is 24.5. The van der Waals surface area contributed by atoms with Crippen LogP contribution in [0.2, 0.25) is 0 Å². The van der Waals surface area contributed by atoms with E-state index in [-0.39, 0.29) is 18.6 Å². The molecule has 2 aromatic carbocycles. The monoisotopic (exact) mass is 472 g/mol. The molecule has 2 fully saturated rings. The smallest absolute Gasteiger partial charge is 0.253 e. The van der Waals surface area contributed by atoms with Crippen molar-refractivity contribution in [2.45, 2.75) is 57.3 Å². The van der Waals surface area contributed by atoms with E-state index in [0.717, 1.165) is 16.7 Å². The summed E-state index contributed by atoms with van der Waals surface area (Å²) in [6.45, 7) is 6.98. The first-order valence-electron chi connectivity index (χ1n) is 11.9. The van der Waals surface area contributed by atoms with Gasteiger partial charge in [0, 0.05) is 31.7 Å². The average Bonchev–Trinajstić information content (AvgIpc) is 2.78. The van der Waals surface area contributed by atoms with Crippen LogP contribution >= 0.6 is 0 Å². The van der Waals surface area contributed by atoms with Gasteiger partial charge in [0.05, 0.1) is 23.9 Å². The highest BCUT2D eigenvalue weighted by molar-refractivity contribution is 5.94. The van der Waals surface area contributed by atoms with Gasteiger partial charge in [0.2, 0.25) is 0 Å². The van der Waals surface area contributed by atoms with E-state index in [1.54, 1.807) is 19.9 Å². The molecule has 1 N–H and O–H groups in total. The first kappa shape index (κ1) is 24.8. The number of aliphatic hydroxyl groups is 1. The first-order chi connectivity index (χ1) is 16.1. The SMILES string of the molecule is Cc1cc(C(=O)N2CCC3(CC2)CN(CC(F)F)CC(c2ccccc2)O3)ccc1C(C)(C)O. The van der Waals surface area contributed by atoms with Crippen LogP contribution < -0.4 is 0 Å². The number of carbonyl (C=O) groups is 1. The van der Waals surface area contributed by atoms with Crippen LogP contribution in [0.1, 0.15) is 59.8 Å². The third-order valence-electron chi connectivity index (χ3n) is 6.99. The molecule has 1 unspecified atom stereocenters. The molecular weight excluding hydrogens is 438 g/mol. The van der Waals surface area contributed by atoms with E-state index in [2.05, 4.69) is 0 Å². The first-order valence-corrected chi connectivity index (χ1v) is 11.9. The number of benzene rings is 2. The van der Waals surface area contributed by atoms with Crippen LogP contribution in [0.3, 0.4) is 0 Å². The maximum absolute atomic E-state index is 13.2. The molecule has 184 valence electrons. The lowest BCUT2D eigenvalue weighted by Gasteiger charge is -2.50. The maximum Gasteiger partial charge on any atom is 0.253 e. The average molecular weight is 473 g/mol. The van der Waals surface area contributed by atoms with Gasteiger partial charge >= 0.3 is 0 Å². The standard InChI is InChI=1S/C27H34F2N2O3/c1-19-15-21(9-10-22(19)26(2,3)33)25(32)31-13-11-27(12-14-31)18-30(17-24(28)29)16-23(34-27)20-7-5-4-6-8-20/h4-10,15,23-24,33H,11-14,16-18H2,1-3H3. The van der Waals surface area contributed by atoms with E-state index < -0.39 is 17.6 Å². The summed E-state index contributed by atoms with van der Waals surface area (Å²) in [6.07, 6.45) is -1.47. The van der Waals surface area contributed by atoms with Gasteiger partial charge in [0.1, 0.15) is 0 Å². The molecule has 0 aliphatic carbocycles. The summed E-state index contributed by atoms with van der Waals surface area (Å²) in [7, 11) is 0. The minimum Gasteiger partial charge on any atom is -0.386 e. The van der Waals surface area contributed by atoms with Crippen LogP contribution in [0, 0.1) is 6.92 Å². The van der Waals surface area contributed by atoms with Crippen LogP contribution in [0.4, 0.5) is 8.78 Å². The lowest BCUT2D eigenvalue weighted by Crippen LogP contribution is -2.58. The number of halogens is 2. The lowest BCUT2D eigenvalue weighted by atomic mass is 9.87. The Hall–Kier alpha value is -2.35. The number of ether oxygens (including phenoxy) is 1. The zero-order valence-corrected chi connectivity index (χ0v) is 20.1. The summed E-state index contributed by atoms with van der Waals surface area (Å²) in [5, 5.41) is 10.3. The normalized spacial score (nSPS) is 21.3. The second-order valence-corrected chi connectivity index (χ2v) is 10.2. The largest absolute Gasteiger partial charge is 0.386 e. The molecule has 0 saturated carbocycles. The summed E-state index contributed by atoms with van der Waals surface area (Å²) in [5.41, 5.74) is 1.72. The summed E-state index contributed by atoms with van der Waals surface area (Å²) < 4.78 is 33.1. The van der Waals surface area contributed by atoms with Crippen molar-refractivity contribution in [2.24, 2.45) is 0 Å². The Kier molecular flexibility index (Phi) is 7.08. The van der Waals surface area contributed by atoms with E-state index in [4.69, 9.17) is 4.74 Å². The van der Waals surface area contributed by atoms with Crippen molar-refractivity contribution in [1.82, 2.24) is 9.80 Å². The number of amides is 1. The molecule has 0 radical (unpaired) electrons. The van der Waals surface area contributed by atoms with Crippen LogP contribution in [0.15, 0.2) is 48.5 Å². The predicted molar refractivity (Wildman–Crippen MR) is 127 cm³/mol. The molecule has 0 aromatic heterocycles. The van der Waals surface area contributed by atoms with Crippen LogP contribution in [0.25, 0.3) is 0 Å². The molecule has 1 atom stereocenters. The number of piperidine rings is 1. The van der Waals surface area contributed by atoms with Crippen LogP contribution in [0.5, 0.6) is 0 Å². The number of carbonyl (C=O) groups excluding carboxylic acids is 1. The molecule has 2 heterocycles. The van der Waals surface area contributed by atoms with E-state index in [0.29, 0.717) is 44.6 Å². The summed E-state index contributed by atoms with van der Waals surface area (Å²) in [6, 6.07) is 15.1. The number of likely N-dealkylation sites (tertiary alicyclic amines) is 1. The van der Waals surface area contributed by atoms with Crippen molar-refractivity contribution in [3.8, 4) is 0 Å². The molecule has 2 aromatic rings. The third-order valence-corrected chi connectivity index (χ3v) is 6.99. The fourth-order valence-electron chi connectivity index (χ4n) is 5.32. The van der Waals surface area contributed by atoms with Gasteiger partial charge in [0.15, 0.2) is 0 Å². The van der Waals surface area contributed by atoms with Gasteiger partial charge in [-0.2, -0.15) is 0 Å².